The largest absolute Gasteiger partial charge is 0.300 e. The van der Waals surface area contributed by atoms with Gasteiger partial charge in [0.1, 0.15) is 5.69 Å². The molecule has 0 saturated heterocycles. The Labute approximate surface area is 149 Å². The first-order chi connectivity index (χ1) is 12.7. The number of hydrazine groups is 1. The Morgan fingerprint density at radius 3 is 2.35 bits per heavy atom. The van der Waals surface area contributed by atoms with Gasteiger partial charge in [-0.25, -0.2) is 0 Å². The molecule has 1 aromatic carbocycles. The van der Waals surface area contributed by atoms with Crippen molar-refractivity contribution in [1.82, 2.24) is 15.4 Å². The summed E-state index contributed by atoms with van der Waals surface area (Å²) in [5.74, 6) is 0.537. The molecule has 130 valence electrons. The van der Waals surface area contributed by atoms with Crippen LogP contribution in [0.2, 0.25) is 0 Å². The fraction of sp³-hybridized carbons (Fsp3) is 0.0556. The summed E-state index contributed by atoms with van der Waals surface area (Å²) in [7, 11) is 0. The summed E-state index contributed by atoms with van der Waals surface area (Å²) < 4.78 is 0. The molecule has 2 heterocycles. The van der Waals surface area contributed by atoms with Crippen LogP contribution in [0.5, 0.6) is 0 Å². The van der Waals surface area contributed by atoms with Crippen LogP contribution in [-0.2, 0) is 6.54 Å². The molecule has 0 spiro atoms. The lowest BCUT2D eigenvalue weighted by Gasteiger charge is -2.12. The fourth-order valence-electron chi connectivity index (χ4n) is 2.14. The van der Waals surface area contributed by atoms with Crippen molar-refractivity contribution >= 4 is 17.2 Å². The monoisotopic (exact) mass is 348 g/mol. The molecule has 0 aliphatic heterocycles. The molecule has 3 aromatic rings. The number of hydrogen-bond donors (Lipinski definition) is 2. The highest BCUT2D eigenvalue weighted by Gasteiger charge is 2.06. The van der Waals surface area contributed by atoms with E-state index in [1.807, 2.05) is 36.4 Å². The van der Waals surface area contributed by atoms with E-state index >= 15 is 0 Å². The maximum atomic E-state index is 10.7. The van der Waals surface area contributed by atoms with Gasteiger partial charge in [0.15, 0.2) is 5.84 Å². The number of aromatic nitrogens is 2. The maximum absolute atomic E-state index is 10.7. The molecule has 0 saturated carbocycles. The number of hydrogen-bond acceptors (Lipinski definition) is 6. The first kappa shape index (κ1) is 17.0. The number of nitro groups is 1. The highest BCUT2D eigenvalue weighted by Crippen LogP contribution is 2.14. The van der Waals surface area contributed by atoms with Crippen LogP contribution in [0.1, 0.15) is 11.4 Å². The quantitative estimate of drug-likeness (QED) is 0.307. The van der Waals surface area contributed by atoms with Crippen LogP contribution >= 0.6 is 0 Å². The minimum atomic E-state index is -0.440. The number of benzene rings is 1. The van der Waals surface area contributed by atoms with Crippen molar-refractivity contribution in [2.75, 3.05) is 5.43 Å². The second kappa shape index (κ2) is 8.34. The second-order valence-electron chi connectivity index (χ2n) is 5.25. The van der Waals surface area contributed by atoms with E-state index in [0.29, 0.717) is 23.8 Å². The summed E-state index contributed by atoms with van der Waals surface area (Å²) in [6.07, 6.45) is 3.40. The number of amidine groups is 1. The smallest absolute Gasteiger partial charge is 0.269 e. The van der Waals surface area contributed by atoms with E-state index in [9.17, 15) is 10.1 Å². The summed E-state index contributed by atoms with van der Waals surface area (Å²) in [6.45, 7) is 0.391. The Hall–Kier alpha value is -3.81. The van der Waals surface area contributed by atoms with Crippen LogP contribution < -0.4 is 10.9 Å². The van der Waals surface area contributed by atoms with E-state index in [2.05, 4.69) is 25.8 Å². The molecule has 2 N–H and O–H groups in total. The van der Waals surface area contributed by atoms with Crippen LogP contribution in [0.4, 0.5) is 11.4 Å². The molecule has 3 rings (SSSR count). The standard InChI is InChI=1S/C18H16N6O2/c25-24(26)16-9-7-14(8-10-16)22-23-18(17-6-2-4-12-20-17)21-13-15-5-1-3-11-19-15/h1-12,22H,13H2,(H,21,23). The molecule has 0 radical (unpaired) electrons. The number of nitrogens with zero attached hydrogens (tertiary/aromatic N) is 4. The lowest BCUT2D eigenvalue weighted by atomic mass is 10.3. The normalized spacial score (nSPS) is 11.0. The van der Waals surface area contributed by atoms with Crippen LogP contribution in [0.3, 0.4) is 0 Å². The molecule has 0 atom stereocenters. The molecule has 0 aliphatic carbocycles. The van der Waals surface area contributed by atoms with Gasteiger partial charge in [0.05, 0.1) is 22.8 Å². The Kier molecular flexibility index (Phi) is 5.46. The molecule has 0 aliphatic rings. The van der Waals surface area contributed by atoms with Crippen molar-refractivity contribution < 1.29 is 4.92 Å². The number of aliphatic imine (C=N–C) groups is 1. The molecule has 0 amide bonds. The van der Waals surface area contributed by atoms with Gasteiger partial charge in [0, 0.05) is 24.5 Å². The zero-order valence-corrected chi connectivity index (χ0v) is 13.7. The van der Waals surface area contributed by atoms with Crippen molar-refractivity contribution in [3.63, 3.8) is 0 Å². The van der Waals surface area contributed by atoms with Gasteiger partial charge in [-0.1, -0.05) is 12.1 Å². The number of rotatable bonds is 6. The Balaban J connectivity index is 1.74. The van der Waals surface area contributed by atoms with Gasteiger partial charge in [-0.15, -0.1) is 0 Å². The van der Waals surface area contributed by atoms with E-state index in [0.717, 1.165) is 5.69 Å². The van der Waals surface area contributed by atoms with Crippen LogP contribution in [0, 0.1) is 10.1 Å². The summed E-state index contributed by atoms with van der Waals surface area (Å²) in [5.41, 5.74) is 8.18. The fourth-order valence-corrected chi connectivity index (χ4v) is 2.14. The number of nitrogens with one attached hydrogen (secondary N) is 2. The Morgan fingerprint density at radius 1 is 1.00 bits per heavy atom. The summed E-state index contributed by atoms with van der Waals surface area (Å²) in [5, 5.41) is 10.7. The highest BCUT2D eigenvalue weighted by molar-refractivity contribution is 5.97. The predicted octanol–water partition coefficient (Wildman–Crippen LogP) is 2.95. The molecule has 0 fully saturated rings. The topological polar surface area (TPSA) is 105 Å². The lowest BCUT2D eigenvalue weighted by molar-refractivity contribution is -0.384. The predicted molar refractivity (Wildman–Crippen MR) is 98.6 cm³/mol. The van der Waals surface area contributed by atoms with Gasteiger partial charge in [0.25, 0.3) is 5.69 Å². The third kappa shape index (κ3) is 4.60. The molecule has 8 heteroatoms. The van der Waals surface area contributed by atoms with Crippen LogP contribution in [0.25, 0.3) is 0 Å². The van der Waals surface area contributed by atoms with Crippen molar-refractivity contribution in [2.24, 2.45) is 4.99 Å². The third-order valence-corrected chi connectivity index (χ3v) is 3.44. The average molecular weight is 348 g/mol. The molecule has 26 heavy (non-hydrogen) atoms. The summed E-state index contributed by atoms with van der Waals surface area (Å²) >= 11 is 0. The molecule has 2 aromatic heterocycles. The van der Waals surface area contributed by atoms with Crippen LogP contribution in [-0.4, -0.2) is 20.7 Å². The average Bonchev–Trinajstić information content (AvgIpc) is 2.70. The summed E-state index contributed by atoms with van der Waals surface area (Å²) in [4.78, 5) is 23.4. The Bertz CT molecular complexity index is 883. The highest BCUT2D eigenvalue weighted by atomic mass is 16.6. The number of anilines is 1. The molecular formula is C18H16N6O2. The lowest BCUT2D eigenvalue weighted by Crippen LogP contribution is -2.31. The number of non-ortho nitro benzene ring substituents is 1. The number of pyridine rings is 2. The first-order valence-corrected chi connectivity index (χ1v) is 7.84. The van der Waals surface area contributed by atoms with Gasteiger partial charge < -0.3 is 0 Å². The van der Waals surface area contributed by atoms with Gasteiger partial charge in [-0.2, -0.15) is 0 Å². The van der Waals surface area contributed by atoms with Crippen molar-refractivity contribution in [3.05, 3.63) is 94.6 Å². The van der Waals surface area contributed by atoms with Gasteiger partial charge in [0.2, 0.25) is 0 Å². The SMILES string of the molecule is O=[N+]([O-])c1ccc(NNC(=NCc2ccccn2)c2ccccn2)cc1. The van der Waals surface area contributed by atoms with Crippen molar-refractivity contribution in [1.29, 1.82) is 0 Å². The zero-order chi connectivity index (χ0) is 18.2. The van der Waals surface area contributed by atoms with Crippen molar-refractivity contribution in [2.45, 2.75) is 6.54 Å². The van der Waals surface area contributed by atoms with Crippen molar-refractivity contribution in [3.8, 4) is 0 Å². The molecular weight excluding hydrogens is 332 g/mol. The minimum absolute atomic E-state index is 0.0318. The Morgan fingerprint density at radius 2 is 1.73 bits per heavy atom. The molecule has 8 nitrogen and oxygen atoms in total. The number of nitro benzene ring substituents is 1. The summed E-state index contributed by atoms with van der Waals surface area (Å²) in [6, 6.07) is 17.2. The van der Waals surface area contributed by atoms with E-state index in [1.54, 1.807) is 24.5 Å². The van der Waals surface area contributed by atoms with Crippen LogP contribution in [0.15, 0.2) is 78.0 Å². The van der Waals surface area contributed by atoms with Gasteiger partial charge >= 0.3 is 0 Å². The second-order valence-corrected chi connectivity index (χ2v) is 5.25. The first-order valence-electron chi connectivity index (χ1n) is 7.84. The minimum Gasteiger partial charge on any atom is -0.300 e. The van der Waals surface area contributed by atoms with E-state index in [1.165, 1.54) is 12.1 Å². The van der Waals surface area contributed by atoms with E-state index < -0.39 is 4.92 Å². The van der Waals surface area contributed by atoms with E-state index in [4.69, 9.17) is 0 Å². The molecule has 0 unspecified atom stereocenters. The van der Waals surface area contributed by atoms with Gasteiger partial charge in [-0.05, 0) is 36.4 Å². The van der Waals surface area contributed by atoms with Gasteiger partial charge in [-0.3, -0.25) is 35.9 Å². The van der Waals surface area contributed by atoms with E-state index in [-0.39, 0.29) is 5.69 Å². The molecule has 0 bridgehead atoms. The third-order valence-electron chi connectivity index (χ3n) is 3.44. The zero-order valence-electron chi connectivity index (χ0n) is 13.7. The maximum Gasteiger partial charge on any atom is 0.269 e.